The summed E-state index contributed by atoms with van der Waals surface area (Å²) in [5.74, 6) is 0.391. The number of thiazole rings is 1. The number of aryl methyl sites for hydroxylation is 1. The Morgan fingerprint density at radius 1 is 1.40 bits per heavy atom. The van der Waals surface area contributed by atoms with Gasteiger partial charge in [-0.2, -0.15) is 0 Å². The Labute approximate surface area is 123 Å². The first-order chi connectivity index (χ1) is 9.70. The Hall–Kier alpha value is -1.26. The number of aromatic nitrogens is 1. The molecule has 2 nitrogen and oxygen atoms in total. The number of hydrogen-bond donors (Lipinski definition) is 1. The lowest BCUT2D eigenvalue weighted by Crippen LogP contribution is -2.41. The maximum atomic E-state index is 13.2. The molecule has 20 heavy (non-hydrogen) atoms. The normalized spacial score (nSPS) is 21.7. The lowest BCUT2D eigenvalue weighted by molar-refractivity contribution is 0.292. The molecule has 1 aliphatic carbocycles. The van der Waals surface area contributed by atoms with Crippen molar-refractivity contribution in [2.45, 2.75) is 38.1 Å². The smallest absolute Gasteiger partial charge is 0.123 e. The Morgan fingerprint density at radius 3 is 2.95 bits per heavy atom. The molecule has 0 aliphatic heterocycles. The Morgan fingerprint density at radius 2 is 2.25 bits per heavy atom. The minimum Gasteiger partial charge on any atom is -0.314 e. The second-order valence-electron chi connectivity index (χ2n) is 5.48. The van der Waals surface area contributed by atoms with Gasteiger partial charge in [-0.3, -0.25) is 0 Å². The van der Waals surface area contributed by atoms with Crippen LogP contribution >= 0.6 is 11.3 Å². The molecule has 0 saturated heterocycles. The van der Waals surface area contributed by atoms with Crippen LogP contribution in [-0.4, -0.2) is 17.6 Å². The molecule has 2 aromatic rings. The first kappa shape index (κ1) is 13.7. The molecule has 1 N–H and O–H groups in total. The van der Waals surface area contributed by atoms with E-state index in [1.807, 2.05) is 13.0 Å². The number of nitrogens with one attached hydrogen (secondary N) is 1. The molecule has 0 bridgehead atoms. The number of hydrogen-bond acceptors (Lipinski definition) is 3. The van der Waals surface area contributed by atoms with E-state index in [0.29, 0.717) is 12.0 Å². The van der Waals surface area contributed by atoms with Gasteiger partial charge < -0.3 is 5.32 Å². The zero-order valence-electron chi connectivity index (χ0n) is 11.6. The number of nitrogens with zero attached hydrogens (tertiary/aromatic N) is 1. The van der Waals surface area contributed by atoms with Crippen molar-refractivity contribution in [2.24, 2.45) is 0 Å². The number of benzene rings is 1. The number of rotatable bonds is 5. The van der Waals surface area contributed by atoms with Crippen LogP contribution in [0.4, 0.5) is 4.39 Å². The van der Waals surface area contributed by atoms with Crippen LogP contribution in [-0.2, 0) is 6.42 Å². The van der Waals surface area contributed by atoms with Gasteiger partial charge in [-0.25, -0.2) is 9.37 Å². The second-order valence-corrected chi connectivity index (χ2v) is 6.54. The number of halogens is 1. The summed E-state index contributed by atoms with van der Waals surface area (Å²) in [4.78, 5) is 4.46. The molecular formula is C16H19FN2S. The molecule has 106 valence electrons. The van der Waals surface area contributed by atoms with E-state index in [9.17, 15) is 4.39 Å². The molecule has 1 heterocycles. The van der Waals surface area contributed by atoms with Crippen molar-refractivity contribution < 1.29 is 4.39 Å². The highest BCUT2D eigenvalue weighted by Crippen LogP contribution is 2.36. The van der Waals surface area contributed by atoms with E-state index in [1.54, 1.807) is 23.5 Å². The van der Waals surface area contributed by atoms with Gasteiger partial charge in [0, 0.05) is 24.4 Å². The topological polar surface area (TPSA) is 24.9 Å². The van der Waals surface area contributed by atoms with Gasteiger partial charge in [0.05, 0.1) is 10.7 Å². The first-order valence-corrected chi connectivity index (χ1v) is 7.98. The Bertz CT molecular complexity index is 575. The van der Waals surface area contributed by atoms with Gasteiger partial charge in [-0.05, 0) is 43.4 Å². The summed E-state index contributed by atoms with van der Waals surface area (Å²) in [5.41, 5.74) is 2.32. The van der Waals surface area contributed by atoms with E-state index in [-0.39, 0.29) is 5.82 Å². The lowest BCUT2D eigenvalue weighted by Gasteiger charge is -2.36. The molecule has 1 aliphatic rings. The van der Waals surface area contributed by atoms with Crippen molar-refractivity contribution in [3.63, 3.8) is 0 Å². The van der Waals surface area contributed by atoms with E-state index in [4.69, 9.17) is 0 Å². The van der Waals surface area contributed by atoms with Gasteiger partial charge in [0.25, 0.3) is 0 Å². The fourth-order valence-corrected chi connectivity index (χ4v) is 3.39. The lowest BCUT2D eigenvalue weighted by atomic mass is 9.76. The molecule has 0 amide bonds. The van der Waals surface area contributed by atoms with Gasteiger partial charge >= 0.3 is 0 Å². The molecule has 0 spiro atoms. The highest BCUT2D eigenvalue weighted by Gasteiger charge is 2.29. The van der Waals surface area contributed by atoms with Gasteiger partial charge in [-0.1, -0.05) is 12.1 Å². The van der Waals surface area contributed by atoms with E-state index >= 15 is 0 Å². The van der Waals surface area contributed by atoms with Crippen LogP contribution in [0.1, 0.15) is 35.0 Å². The van der Waals surface area contributed by atoms with Crippen molar-refractivity contribution in [1.82, 2.24) is 10.3 Å². The van der Waals surface area contributed by atoms with E-state index < -0.39 is 0 Å². The van der Waals surface area contributed by atoms with Crippen molar-refractivity contribution in [2.75, 3.05) is 6.54 Å². The van der Waals surface area contributed by atoms with Gasteiger partial charge in [0.1, 0.15) is 5.82 Å². The quantitative estimate of drug-likeness (QED) is 0.909. The predicted octanol–water partition coefficient (Wildman–Crippen LogP) is 3.67. The van der Waals surface area contributed by atoms with Crippen LogP contribution in [0.3, 0.4) is 0 Å². The van der Waals surface area contributed by atoms with E-state index in [0.717, 1.165) is 36.4 Å². The van der Waals surface area contributed by atoms with Gasteiger partial charge in [0.2, 0.25) is 0 Å². The SMILES string of the molecule is Cc1nc(CCNC2CC(c3cccc(F)c3)C2)cs1. The summed E-state index contributed by atoms with van der Waals surface area (Å²) < 4.78 is 13.2. The zero-order valence-corrected chi connectivity index (χ0v) is 12.4. The van der Waals surface area contributed by atoms with Gasteiger partial charge in [-0.15, -0.1) is 11.3 Å². The molecule has 0 atom stereocenters. The molecule has 1 saturated carbocycles. The molecule has 4 heteroatoms. The molecule has 0 radical (unpaired) electrons. The van der Waals surface area contributed by atoms with Crippen LogP contribution in [0.5, 0.6) is 0 Å². The van der Waals surface area contributed by atoms with Crippen LogP contribution in [0, 0.1) is 12.7 Å². The summed E-state index contributed by atoms with van der Waals surface area (Å²) >= 11 is 1.71. The highest BCUT2D eigenvalue weighted by atomic mass is 32.1. The fourth-order valence-electron chi connectivity index (χ4n) is 2.74. The fraction of sp³-hybridized carbons (Fsp3) is 0.438. The van der Waals surface area contributed by atoms with Crippen molar-refractivity contribution in [3.8, 4) is 0 Å². The third kappa shape index (κ3) is 3.25. The van der Waals surface area contributed by atoms with E-state index in [1.165, 1.54) is 11.8 Å². The molecule has 1 aromatic carbocycles. The molecule has 1 aromatic heterocycles. The standard InChI is InChI=1S/C16H19FN2S/c1-11-19-15(10-20-11)5-6-18-16-8-13(9-16)12-3-2-4-14(17)7-12/h2-4,7,10,13,16,18H,5-6,8-9H2,1H3. The van der Waals surface area contributed by atoms with Crippen molar-refractivity contribution in [1.29, 1.82) is 0 Å². The maximum Gasteiger partial charge on any atom is 0.123 e. The predicted molar refractivity (Wildman–Crippen MR) is 80.7 cm³/mol. The Kier molecular flexibility index (Phi) is 4.13. The minimum atomic E-state index is -0.127. The third-order valence-electron chi connectivity index (χ3n) is 3.94. The summed E-state index contributed by atoms with van der Waals surface area (Å²) in [5, 5.41) is 6.83. The maximum absolute atomic E-state index is 13.2. The average Bonchev–Trinajstić information content (AvgIpc) is 2.78. The Balaban J connectivity index is 1.40. The molecule has 1 fully saturated rings. The van der Waals surface area contributed by atoms with Gasteiger partial charge in [0.15, 0.2) is 0 Å². The van der Waals surface area contributed by atoms with Crippen LogP contribution in [0.25, 0.3) is 0 Å². The summed E-state index contributed by atoms with van der Waals surface area (Å²) in [6.07, 6.45) is 3.21. The zero-order chi connectivity index (χ0) is 13.9. The average molecular weight is 290 g/mol. The second kappa shape index (κ2) is 6.02. The molecule has 0 unspecified atom stereocenters. The largest absolute Gasteiger partial charge is 0.314 e. The minimum absolute atomic E-state index is 0.127. The van der Waals surface area contributed by atoms with Crippen LogP contribution in [0.15, 0.2) is 29.6 Å². The van der Waals surface area contributed by atoms with Crippen LogP contribution < -0.4 is 5.32 Å². The van der Waals surface area contributed by atoms with Crippen LogP contribution in [0.2, 0.25) is 0 Å². The first-order valence-electron chi connectivity index (χ1n) is 7.10. The monoisotopic (exact) mass is 290 g/mol. The summed E-state index contributed by atoms with van der Waals surface area (Å²) in [6, 6.07) is 7.58. The summed E-state index contributed by atoms with van der Waals surface area (Å²) in [6.45, 7) is 3.01. The molecular weight excluding hydrogens is 271 g/mol. The third-order valence-corrected chi connectivity index (χ3v) is 4.76. The summed E-state index contributed by atoms with van der Waals surface area (Å²) in [7, 11) is 0. The van der Waals surface area contributed by atoms with Crippen molar-refractivity contribution >= 4 is 11.3 Å². The van der Waals surface area contributed by atoms with Crippen molar-refractivity contribution in [3.05, 3.63) is 51.7 Å². The highest BCUT2D eigenvalue weighted by molar-refractivity contribution is 7.09. The van der Waals surface area contributed by atoms with E-state index in [2.05, 4.69) is 15.7 Å². The molecule has 3 rings (SSSR count).